The normalized spacial score (nSPS) is 20.9. The van der Waals surface area contributed by atoms with Gasteiger partial charge in [0.25, 0.3) is 0 Å². The summed E-state index contributed by atoms with van der Waals surface area (Å²) in [6.45, 7) is 3.97. The molecule has 1 aliphatic carbocycles. The van der Waals surface area contributed by atoms with E-state index >= 15 is 0 Å². The number of fused-ring (bicyclic) bond motifs is 1. The molecule has 0 radical (unpaired) electrons. The molecule has 9 heteroatoms. The number of urea groups is 1. The van der Waals surface area contributed by atoms with Crippen molar-refractivity contribution in [2.45, 2.75) is 43.8 Å². The first-order valence-corrected chi connectivity index (χ1v) is 12.8. The number of nitrogens with one attached hydrogen (secondary N) is 2. The molecule has 3 amide bonds. The molecule has 3 aromatic rings. The topological polar surface area (TPSA) is 99.7 Å². The van der Waals surface area contributed by atoms with Crippen molar-refractivity contribution in [3.05, 3.63) is 84.6 Å². The number of carbonyl (C=O) groups excluding carboxylic acids is 2. The van der Waals surface area contributed by atoms with Crippen LogP contribution in [-0.4, -0.2) is 48.1 Å². The Labute approximate surface area is 222 Å². The number of ether oxygens (including phenoxy) is 1. The molecule has 2 aromatic carbocycles. The predicted octanol–water partition coefficient (Wildman–Crippen LogP) is 4.48. The van der Waals surface area contributed by atoms with E-state index in [1.54, 1.807) is 30.2 Å². The zero-order chi connectivity index (χ0) is 26.6. The van der Waals surface area contributed by atoms with Crippen LogP contribution in [0.3, 0.4) is 0 Å². The van der Waals surface area contributed by atoms with Gasteiger partial charge in [-0.25, -0.2) is 9.78 Å². The third kappa shape index (κ3) is 5.18. The largest absolute Gasteiger partial charge is 0.497 e. The molecule has 9 nitrogen and oxygen atoms in total. The molecule has 0 spiro atoms. The lowest BCUT2D eigenvalue weighted by Crippen LogP contribution is -2.50. The van der Waals surface area contributed by atoms with Crippen LogP contribution in [0.25, 0.3) is 0 Å². The van der Waals surface area contributed by atoms with E-state index in [1.165, 1.54) is 11.6 Å². The number of hydrogen-bond donors (Lipinski definition) is 2. The molecule has 0 bridgehead atoms. The second-order valence-corrected chi connectivity index (χ2v) is 9.66. The summed E-state index contributed by atoms with van der Waals surface area (Å²) in [6.07, 6.45) is 5.66. The van der Waals surface area contributed by atoms with E-state index in [-0.39, 0.29) is 24.0 Å². The van der Waals surface area contributed by atoms with Crippen LogP contribution in [0.1, 0.15) is 36.3 Å². The smallest absolute Gasteiger partial charge is 0.330 e. The minimum absolute atomic E-state index is 0.0580. The average Bonchev–Trinajstić information content (AvgIpc) is 2.96. The number of aromatic nitrogens is 2. The van der Waals surface area contributed by atoms with Crippen molar-refractivity contribution in [2.75, 3.05) is 29.3 Å². The maximum Gasteiger partial charge on any atom is 0.330 e. The fraction of sp³-hybridized carbons (Fsp3) is 0.310. The second-order valence-electron chi connectivity index (χ2n) is 9.66. The number of nitrogens with zero attached hydrogens (tertiary/aromatic N) is 4. The van der Waals surface area contributed by atoms with Gasteiger partial charge >= 0.3 is 6.03 Å². The summed E-state index contributed by atoms with van der Waals surface area (Å²) in [5.74, 6) is 1.88. The molecule has 196 valence electrons. The Morgan fingerprint density at radius 2 is 1.87 bits per heavy atom. The van der Waals surface area contributed by atoms with Crippen molar-refractivity contribution in [2.24, 2.45) is 0 Å². The van der Waals surface area contributed by atoms with E-state index in [4.69, 9.17) is 9.72 Å². The molecule has 1 fully saturated rings. The van der Waals surface area contributed by atoms with Crippen molar-refractivity contribution in [3.63, 3.8) is 0 Å². The Balaban J connectivity index is 1.33. The lowest BCUT2D eigenvalue weighted by Gasteiger charge is -2.37. The monoisotopic (exact) mass is 512 g/mol. The molecular formula is C29H32N6O3. The summed E-state index contributed by atoms with van der Waals surface area (Å²) in [7, 11) is 3.32. The van der Waals surface area contributed by atoms with Crippen LogP contribution < -0.4 is 25.2 Å². The van der Waals surface area contributed by atoms with E-state index in [1.807, 2.05) is 42.5 Å². The molecule has 1 unspecified atom stereocenters. The summed E-state index contributed by atoms with van der Waals surface area (Å²) >= 11 is 0. The highest BCUT2D eigenvalue weighted by Gasteiger charge is 2.34. The summed E-state index contributed by atoms with van der Waals surface area (Å²) < 4.78 is 5.23. The first-order chi connectivity index (χ1) is 18.5. The molecule has 0 saturated heterocycles. The number of rotatable bonds is 7. The highest BCUT2D eigenvalue weighted by molar-refractivity contribution is 6.05. The Morgan fingerprint density at radius 3 is 2.58 bits per heavy atom. The highest BCUT2D eigenvalue weighted by atomic mass is 16.5. The lowest BCUT2D eigenvalue weighted by atomic mass is 9.78. The third-order valence-electron chi connectivity index (χ3n) is 7.34. The minimum atomic E-state index is -0.203. The van der Waals surface area contributed by atoms with Gasteiger partial charge < -0.3 is 15.4 Å². The van der Waals surface area contributed by atoms with Gasteiger partial charge in [0.15, 0.2) is 0 Å². The molecule has 1 aliphatic heterocycles. The van der Waals surface area contributed by atoms with Crippen molar-refractivity contribution in [1.82, 2.24) is 15.3 Å². The molecule has 5 rings (SSSR count). The number of methoxy groups -OCH3 is 1. The lowest BCUT2D eigenvalue weighted by molar-refractivity contribution is -0.117. The van der Waals surface area contributed by atoms with Crippen LogP contribution >= 0.6 is 0 Å². The highest BCUT2D eigenvalue weighted by Crippen LogP contribution is 2.35. The summed E-state index contributed by atoms with van der Waals surface area (Å²) in [6, 6.07) is 17.4. The van der Waals surface area contributed by atoms with Gasteiger partial charge in [0.2, 0.25) is 11.9 Å². The van der Waals surface area contributed by atoms with Crippen LogP contribution in [0.15, 0.2) is 73.4 Å². The Kier molecular flexibility index (Phi) is 7.26. The van der Waals surface area contributed by atoms with Crippen LogP contribution in [0, 0.1) is 0 Å². The van der Waals surface area contributed by atoms with E-state index < -0.39 is 0 Å². The SMILES string of the molecule is C=CC(=O)N[C@H]1CC(c2ccccc2)CC[C@H]1Nc1ncc2c(n1)N(C)C(=O)N(c1ccc(OC)cc1)C2. The molecule has 3 atom stereocenters. The fourth-order valence-corrected chi connectivity index (χ4v) is 5.28. The maximum absolute atomic E-state index is 13.2. The second kappa shape index (κ2) is 10.9. The molecule has 2 heterocycles. The average molecular weight is 513 g/mol. The first kappa shape index (κ1) is 25.3. The quantitative estimate of drug-likeness (QED) is 0.453. The van der Waals surface area contributed by atoms with Gasteiger partial charge in [-0.1, -0.05) is 36.9 Å². The standard InChI is InChI=1S/C29H32N6O3/c1-4-26(36)31-25-16-20(19-8-6-5-7-9-19)10-15-24(25)32-28-30-17-21-18-35(29(37)34(2)27(21)33-28)22-11-13-23(38-3)14-12-22/h4-9,11-14,17,20,24-25H,1,10,15-16,18H2,2-3H3,(H,31,36)(H,30,32,33)/t20?,24-,25+/m1/s1. The Hall–Kier alpha value is -4.40. The van der Waals surface area contributed by atoms with Gasteiger partial charge in [0.05, 0.1) is 13.7 Å². The molecule has 1 saturated carbocycles. The molecule has 2 N–H and O–H groups in total. The number of anilines is 3. The minimum Gasteiger partial charge on any atom is -0.497 e. The fourth-order valence-electron chi connectivity index (χ4n) is 5.28. The van der Waals surface area contributed by atoms with Gasteiger partial charge in [-0.15, -0.1) is 0 Å². The maximum atomic E-state index is 13.2. The van der Waals surface area contributed by atoms with E-state index in [9.17, 15) is 9.59 Å². The zero-order valence-corrected chi connectivity index (χ0v) is 21.6. The summed E-state index contributed by atoms with van der Waals surface area (Å²) in [5, 5.41) is 6.53. The predicted molar refractivity (Wildman–Crippen MR) is 148 cm³/mol. The zero-order valence-electron chi connectivity index (χ0n) is 21.6. The van der Waals surface area contributed by atoms with E-state index in [0.717, 1.165) is 36.3 Å². The van der Waals surface area contributed by atoms with Crippen molar-refractivity contribution < 1.29 is 14.3 Å². The van der Waals surface area contributed by atoms with Gasteiger partial charge in [-0.2, -0.15) is 4.98 Å². The van der Waals surface area contributed by atoms with Gasteiger partial charge in [-0.05, 0) is 61.1 Å². The van der Waals surface area contributed by atoms with Crippen LogP contribution in [0.4, 0.5) is 22.2 Å². The third-order valence-corrected chi connectivity index (χ3v) is 7.34. The first-order valence-electron chi connectivity index (χ1n) is 12.8. The van der Waals surface area contributed by atoms with Crippen molar-refractivity contribution in [3.8, 4) is 5.75 Å². The van der Waals surface area contributed by atoms with Crippen LogP contribution in [0.5, 0.6) is 5.75 Å². The number of amides is 3. The van der Waals surface area contributed by atoms with Crippen LogP contribution in [0.2, 0.25) is 0 Å². The number of hydrogen-bond acceptors (Lipinski definition) is 6. The van der Waals surface area contributed by atoms with Gasteiger partial charge in [0, 0.05) is 36.6 Å². The van der Waals surface area contributed by atoms with E-state index in [2.05, 4.69) is 34.3 Å². The van der Waals surface area contributed by atoms with E-state index in [0.29, 0.717) is 24.2 Å². The Morgan fingerprint density at radius 1 is 1.11 bits per heavy atom. The summed E-state index contributed by atoms with van der Waals surface area (Å²) in [4.78, 5) is 37.9. The number of carbonyl (C=O) groups is 2. The van der Waals surface area contributed by atoms with Gasteiger partial charge in [0.1, 0.15) is 11.6 Å². The molecule has 38 heavy (non-hydrogen) atoms. The molecule has 2 aliphatic rings. The molecular weight excluding hydrogens is 480 g/mol. The summed E-state index contributed by atoms with van der Waals surface area (Å²) in [5.41, 5.74) is 2.89. The van der Waals surface area contributed by atoms with Gasteiger partial charge in [-0.3, -0.25) is 14.6 Å². The van der Waals surface area contributed by atoms with Crippen molar-refractivity contribution >= 4 is 29.4 Å². The molecule has 1 aromatic heterocycles. The number of benzene rings is 2. The Bertz CT molecular complexity index is 1310. The van der Waals surface area contributed by atoms with Crippen LogP contribution in [-0.2, 0) is 11.3 Å². The van der Waals surface area contributed by atoms with Crippen molar-refractivity contribution in [1.29, 1.82) is 0 Å².